The molecule has 1 fully saturated rings. The molecule has 1 aromatic carbocycles. The lowest BCUT2D eigenvalue weighted by Gasteiger charge is -2.32. The van der Waals surface area contributed by atoms with Crippen molar-refractivity contribution in [2.24, 2.45) is 5.92 Å². The molecule has 0 aliphatic carbocycles. The molecule has 3 heterocycles. The number of rotatable bonds is 7. The number of nitrogens with zero attached hydrogens (tertiary/aromatic N) is 5. The number of benzene rings is 1. The largest absolute Gasteiger partial charge is 0.354 e. The van der Waals surface area contributed by atoms with Crippen LogP contribution >= 0.6 is 0 Å². The minimum atomic E-state index is 0.0214. The molecule has 1 N–H and O–H groups in total. The van der Waals surface area contributed by atoms with Gasteiger partial charge < -0.3 is 19.4 Å². The number of imidazole rings is 2. The van der Waals surface area contributed by atoms with Crippen molar-refractivity contribution in [2.75, 3.05) is 19.6 Å². The Kier molecular flexibility index (Phi) is 6.11. The fourth-order valence-electron chi connectivity index (χ4n) is 4.13. The summed E-state index contributed by atoms with van der Waals surface area (Å²) in [4.78, 5) is 35.6. The molecule has 4 rings (SSSR count). The predicted octanol–water partition coefficient (Wildman–Crippen LogP) is 2.31. The van der Waals surface area contributed by atoms with E-state index in [0.29, 0.717) is 31.6 Å². The zero-order valence-electron chi connectivity index (χ0n) is 17.3. The summed E-state index contributed by atoms with van der Waals surface area (Å²) >= 11 is 0. The number of carbonyl (C=O) groups excluding carboxylic acids is 2. The molecule has 0 bridgehead atoms. The standard InChI is InChI=1S/C22H28N6O2/c1-2-27-16-25-19-13-18(5-6-20(19)27)22(30)28-9-3-4-17(14-28)12-21(29)24-8-11-26-10-7-23-15-26/h5-7,10,13,15-17H,2-4,8-9,11-12,14H2,1H3,(H,24,29). The monoisotopic (exact) mass is 408 g/mol. The topological polar surface area (TPSA) is 85.0 Å². The van der Waals surface area contributed by atoms with Gasteiger partial charge in [-0.1, -0.05) is 0 Å². The lowest BCUT2D eigenvalue weighted by molar-refractivity contribution is -0.122. The van der Waals surface area contributed by atoms with Gasteiger partial charge in [-0.2, -0.15) is 0 Å². The van der Waals surface area contributed by atoms with E-state index in [1.165, 1.54) is 0 Å². The highest BCUT2D eigenvalue weighted by molar-refractivity contribution is 5.97. The van der Waals surface area contributed by atoms with Crippen LogP contribution in [0, 0.1) is 5.92 Å². The van der Waals surface area contributed by atoms with Crippen molar-refractivity contribution in [3.63, 3.8) is 0 Å². The molecule has 3 aromatic rings. The molecule has 1 aliphatic heterocycles. The van der Waals surface area contributed by atoms with Gasteiger partial charge in [-0.15, -0.1) is 0 Å². The van der Waals surface area contributed by atoms with Crippen molar-refractivity contribution in [3.05, 3.63) is 48.8 Å². The van der Waals surface area contributed by atoms with E-state index in [2.05, 4.69) is 26.8 Å². The first-order chi connectivity index (χ1) is 14.6. The number of hydrogen-bond donors (Lipinski definition) is 1. The summed E-state index contributed by atoms with van der Waals surface area (Å²) in [6.45, 7) is 5.56. The van der Waals surface area contributed by atoms with Gasteiger partial charge in [0.05, 0.1) is 23.7 Å². The van der Waals surface area contributed by atoms with Crippen LogP contribution in [0.25, 0.3) is 11.0 Å². The highest BCUT2D eigenvalue weighted by Gasteiger charge is 2.26. The van der Waals surface area contributed by atoms with Crippen molar-refractivity contribution < 1.29 is 9.59 Å². The highest BCUT2D eigenvalue weighted by atomic mass is 16.2. The molecule has 1 aliphatic rings. The number of piperidine rings is 1. The number of amides is 2. The highest BCUT2D eigenvalue weighted by Crippen LogP contribution is 2.23. The maximum Gasteiger partial charge on any atom is 0.253 e. The molecule has 8 heteroatoms. The quantitative estimate of drug-likeness (QED) is 0.650. The Hall–Kier alpha value is -3.16. The van der Waals surface area contributed by atoms with Crippen LogP contribution in [0.1, 0.15) is 36.5 Å². The summed E-state index contributed by atoms with van der Waals surface area (Å²) in [5.41, 5.74) is 2.54. The van der Waals surface area contributed by atoms with Gasteiger partial charge in [0.15, 0.2) is 0 Å². The fourth-order valence-corrected chi connectivity index (χ4v) is 4.13. The van der Waals surface area contributed by atoms with Crippen LogP contribution in [-0.2, 0) is 17.9 Å². The molecule has 0 saturated carbocycles. The third-order valence-corrected chi connectivity index (χ3v) is 5.74. The van der Waals surface area contributed by atoms with Crippen molar-refractivity contribution in [1.29, 1.82) is 0 Å². The van der Waals surface area contributed by atoms with Crippen LogP contribution < -0.4 is 5.32 Å². The lowest BCUT2D eigenvalue weighted by Crippen LogP contribution is -2.41. The number of hydrogen-bond acceptors (Lipinski definition) is 4. The maximum atomic E-state index is 13.0. The molecule has 1 unspecified atom stereocenters. The molecular weight excluding hydrogens is 380 g/mol. The van der Waals surface area contributed by atoms with E-state index in [-0.39, 0.29) is 17.7 Å². The van der Waals surface area contributed by atoms with Gasteiger partial charge in [-0.05, 0) is 43.9 Å². The number of aromatic nitrogens is 4. The van der Waals surface area contributed by atoms with Gasteiger partial charge in [0.2, 0.25) is 5.91 Å². The second-order valence-corrected chi connectivity index (χ2v) is 7.85. The van der Waals surface area contributed by atoms with E-state index in [0.717, 1.165) is 37.0 Å². The first-order valence-electron chi connectivity index (χ1n) is 10.6. The molecule has 2 aromatic heterocycles. The maximum absolute atomic E-state index is 13.0. The van der Waals surface area contributed by atoms with Gasteiger partial charge in [0.25, 0.3) is 5.91 Å². The van der Waals surface area contributed by atoms with E-state index >= 15 is 0 Å². The van der Waals surface area contributed by atoms with E-state index in [1.807, 2.05) is 33.9 Å². The third-order valence-electron chi connectivity index (χ3n) is 5.74. The number of carbonyl (C=O) groups is 2. The minimum absolute atomic E-state index is 0.0214. The Morgan fingerprint density at radius 2 is 2.17 bits per heavy atom. The second-order valence-electron chi connectivity index (χ2n) is 7.85. The number of nitrogens with one attached hydrogen (secondary N) is 1. The SMILES string of the molecule is CCn1cnc2cc(C(=O)N3CCCC(CC(=O)NCCn4ccnc4)C3)ccc21. The molecule has 8 nitrogen and oxygen atoms in total. The van der Waals surface area contributed by atoms with E-state index in [4.69, 9.17) is 0 Å². The van der Waals surface area contributed by atoms with Crippen molar-refractivity contribution in [3.8, 4) is 0 Å². The molecule has 158 valence electrons. The van der Waals surface area contributed by atoms with Crippen molar-refractivity contribution >= 4 is 22.8 Å². The Morgan fingerprint density at radius 3 is 2.97 bits per heavy atom. The van der Waals surface area contributed by atoms with Gasteiger partial charge in [0, 0.05) is 57.1 Å². The van der Waals surface area contributed by atoms with Crippen LogP contribution in [0.15, 0.2) is 43.2 Å². The summed E-state index contributed by atoms with van der Waals surface area (Å²) < 4.78 is 3.99. The number of aryl methyl sites for hydroxylation is 1. The van der Waals surface area contributed by atoms with Crippen LogP contribution in [0.4, 0.5) is 0 Å². The summed E-state index contributed by atoms with van der Waals surface area (Å²) in [6, 6.07) is 5.72. The second kappa shape index (κ2) is 9.11. The molecule has 0 spiro atoms. The Bertz CT molecular complexity index is 1010. The average Bonchev–Trinajstić information content (AvgIpc) is 3.42. The minimum Gasteiger partial charge on any atom is -0.354 e. The van der Waals surface area contributed by atoms with Gasteiger partial charge in [-0.3, -0.25) is 9.59 Å². The first-order valence-corrected chi connectivity index (χ1v) is 10.6. The predicted molar refractivity (Wildman–Crippen MR) is 114 cm³/mol. The van der Waals surface area contributed by atoms with Gasteiger partial charge in [-0.25, -0.2) is 9.97 Å². The molecule has 30 heavy (non-hydrogen) atoms. The average molecular weight is 409 g/mol. The normalized spacial score (nSPS) is 16.7. The van der Waals surface area contributed by atoms with Gasteiger partial charge in [0.1, 0.15) is 0 Å². The van der Waals surface area contributed by atoms with Crippen molar-refractivity contribution in [1.82, 2.24) is 29.3 Å². The molecule has 0 radical (unpaired) electrons. The zero-order chi connectivity index (χ0) is 20.9. The summed E-state index contributed by atoms with van der Waals surface area (Å²) in [5, 5.41) is 2.97. The summed E-state index contributed by atoms with van der Waals surface area (Å²) in [7, 11) is 0. The third kappa shape index (κ3) is 4.53. The number of likely N-dealkylation sites (tertiary alicyclic amines) is 1. The smallest absolute Gasteiger partial charge is 0.253 e. The number of fused-ring (bicyclic) bond motifs is 1. The molecular formula is C22H28N6O2. The van der Waals surface area contributed by atoms with Crippen LogP contribution in [0.5, 0.6) is 0 Å². The molecule has 1 atom stereocenters. The molecule has 2 amide bonds. The first kappa shape index (κ1) is 20.1. The Labute approximate surface area is 175 Å². The Morgan fingerprint density at radius 1 is 1.27 bits per heavy atom. The zero-order valence-corrected chi connectivity index (χ0v) is 17.3. The Balaban J connectivity index is 1.31. The van der Waals surface area contributed by atoms with Crippen LogP contribution in [0.3, 0.4) is 0 Å². The van der Waals surface area contributed by atoms with E-state index in [1.54, 1.807) is 18.9 Å². The summed E-state index contributed by atoms with van der Waals surface area (Å²) in [6.07, 6.45) is 9.49. The van der Waals surface area contributed by atoms with Crippen LogP contribution in [0.2, 0.25) is 0 Å². The fraction of sp³-hybridized carbons (Fsp3) is 0.455. The molecule has 1 saturated heterocycles. The van der Waals surface area contributed by atoms with Crippen molar-refractivity contribution in [2.45, 2.75) is 39.3 Å². The van der Waals surface area contributed by atoms with Gasteiger partial charge >= 0.3 is 0 Å². The van der Waals surface area contributed by atoms with Crippen LogP contribution in [-0.4, -0.2) is 55.5 Å². The van der Waals surface area contributed by atoms with E-state index < -0.39 is 0 Å². The lowest BCUT2D eigenvalue weighted by atomic mass is 9.94. The van der Waals surface area contributed by atoms with E-state index in [9.17, 15) is 9.59 Å². The summed E-state index contributed by atoms with van der Waals surface area (Å²) in [5.74, 6) is 0.257.